The minimum Gasteiger partial charge on any atom is -0.367 e. The largest absolute Gasteiger partial charge is 0.367 e. The maximum Gasteiger partial charge on any atom is 0.254 e. The van der Waals surface area contributed by atoms with Gasteiger partial charge in [-0.2, -0.15) is 0 Å². The second-order valence-corrected chi connectivity index (χ2v) is 9.55. The van der Waals surface area contributed by atoms with Crippen LogP contribution in [0, 0.1) is 0 Å². The molecule has 0 aromatic heterocycles. The average molecular weight is 455 g/mol. The third kappa shape index (κ3) is 4.66. The van der Waals surface area contributed by atoms with Crippen molar-refractivity contribution in [1.82, 2.24) is 10.2 Å². The number of carbonyl (C=O) groups is 1. The van der Waals surface area contributed by atoms with E-state index < -0.39 is 0 Å². The lowest BCUT2D eigenvalue weighted by Crippen LogP contribution is -2.54. The Kier molecular flexibility index (Phi) is 6.80. The summed E-state index contributed by atoms with van der Waals surface area (Å²) >= 11 is 0. The van der Waals surface area contributed by atoms with Crippen LogP contribution in [-0.4, -0.2) is 42.1 Å². The Morgan fingerprint density at radius 2 is 1.59 bits per heavy atom. The molecule has 176 valence electrons. The molecule has 0 unspecified atom stereocenters. The number of piperidine rings is 1. The zero-order chi connectivity index (χ0) is 23.4. The molecule has 5 rings (SSSR count). The zero-order valence-electron chi connectivity index (χ0n) is 20.0. The summed E-state index contributed by atoms with van der Waals surface area (Å²) in [4.78, 5) is 16.2. The minimum absolute atomic E-state index is 0.00395. The predicted molar refractivity (Wildman–Crippen MR) is 137 cm³/mol. The summed E-state index contributed by atoms with van der Waals surface area (Å²) in [6.07, 6.45) is 3.69. The highest BCUT2D eigenvalue weighted by molar-refractivity contribution is 6.01. The monoisotopic (exact) mass is 454 g/mol. The second-order valence-electron chi connectivity index (χ2n) is 9.55. The van der Waals surface area contributed by atoms with Crippen LogP contribution in [0.1, 0.15) is 54.6 Å². The van der Waals surface area contributed by atoms with Gasteiger partial charge in [0.05, 0.1) is 11.7 Å². The van der Waals surface area contributed by atoms with Crippen LogP contribution in [0.25, 0.3) is 11.1 Å². The highest BCUT2D eigenvalue weighted by atomic mass is 16.5. The van der Waals surface area contributed by atoms with E-state index in [1.165, 1.54) is 5.56 Å². The molecule has 1 spiro atoms. The van der Waals surface area contributed by atoms with Gasteiger partial charge in [0, 0.05) is 18.2 Å². The molecule has 2 aliphatic rings. The Morgan fingerprint density at radius 3 is 2.29 bits per heavy atom. The van der Waals surface area contributed by atoms with Gasteiger partial charge in [-0.05, 0) is 68.5 Å². The van der Waals surface area contributed by atoms with Crippen LogP contribution in [0.3, 0.4) is 0 Å². The summed E-state index contributed by atoms with van der Waals surface area (Å²) < 4.78 is 6.83. The van der Waals surface area contributed by atoms with Gasteiger partial charge in [-0.15, -0.1) is 0 Å². The van der Waals surface area contributed by atoms with Crippen LogP contribution >= 0.6 is 0 Å². The van der Waals surface area contributed by atoms with Crippen LogP contribution in [0.15, 0.2) is 84.9 Å². The van der Waals surface area contributed by atoms with E-state index >= 15 is 0 Å². The SMILES string of the molecule is CCN(C(=O)c1ccccc1-c1ccccc1)[C@H]1C[C@@H](c2ccccc2)OC2(CCNCC2)C1. The van der Waals surface area contributed by atoms with Crippen molar-refractivity contribution in [1.29, 1.82) is 0 Å². The predicted octanol–water partition coefficient (Wildman–Crippen LogP) is 5.86. The van der Waals surface area contributed by atoms with E-state index in [0.29, 0.717) is 6.54 Å². The Morgan fingerprint density at radius 1 is 0.941 bits per heavy atom. The van der Waals surface area contributed by atoms with E-state index in [0.717, 1.165) is 55.5 Å². The van der Waals surface area contributed by atoms with E-state index in [2.05, 4.69) is 59.6 Å². The number of amides is 1. The first-order valence-corrected chi connectivity index (χ1v) is 12.6. The van der Waals surface area contributed by atoms with Crippen molar-refractivity contribution in [3.8, 4) is 11.1 Å². The number of rotatable bonds is 5. The van der Waals surface area contributed by atoms with Crippen LogP contribution in [0.2, 0.25) is 0 Å². The van der Waals surface area contributed by atoms with Gasteiger partial charge in [0.25, 0.3) is 5.91 Å². The van der Waals surface area contributed by atoms with Crippen LogP contribution in [-0.2, 0) is 4.74 Å². The number of hydrogen-bond donors (Lipinski definition) is 1. The van der Waals surface area contributed by atoms with Gasteiger partial charge >= 0.3 is 0 Å². The molecule has 0 radical (unpaired) electrons. The minimum atomic E-state index is -0.179. The molecule has 1 N–H and O–H groups in total. The molecule has 2 fully saturated rings. The van der Waals surface area contributed by atoms with Gasteiger partial charge in [0.2, 0.25) is 0 Å². The van der Waals surface area contributed by atoms with Crippen LogP contribution in [0.5, 0.6) is 0 Å². The summed E-state index contributed by atoms with van der Waals surface area (Å²) in [5.41, 5.74) is 3.87. The Labute approximate surface area is 202 Å². The third-order valence-corrected chi connectivity index (χ3v) is 7.46. The van der Waals surface area contributed by atoms with E-state index in [9.17, 15) is 4.79 Å². The first kappa shape index (κ1) is 22.8. The van der Waals surface area contributed by atoms with Gasteiger partial charge in [-0.25, -0.2) is 0 Å². The molecule has 4 nitrogen and oxygen atoms in total. The molecule has 3 aromatic carbocycles. The summed E-state index contributed by atoms with van der Waals surface area (Å²) in [6, 6.07) is 28.9. The quantitative estimate of drug-likeness (QED) is 0.525. The van der Waals surface area contributed by atoms with Gasteiger partial charge in [-0.3, -0.25) is 4.79 Å². The van der Waals surface area contributed by atoms with Crippen molar-refractivity contribution < 1.29 is 9.53 Å². The summed E-state index contributed by atoms with van der Waals surface area (Å²) in [7, 11) is 0. The fourth-order valence-corrected chi connectivity index (χ4v) is 5.73. The molecule has 2 saturated heterocycles. The molecule has 0 saturated carbocycles. The Hall–Kier alpha value is -2.95. The van der Waals surface area contributed by atoms with Crippen molar-refractivity contribution in [3.05, 3.63) is 96.1 Å². The molecule has 34 heavy (non-hydrogen) atoms. The third-order valence-electron chi connectivity index (χ3n) is 7.46. The number of carbonyl (C=O) groups excluding carboxylic acids is 1. The van der Waals surface area contributed by atoms with Crippen molar-refractivity contribution in [2.75, 3.05) is 19.6 Å². The maximum atomic E-state index is 14.1. The number of hydrogen-bond acceptors (Lipinski definition) is 3. The molecule has 2 atom stereocenters. The fraction of sp³-hybridized carbons (Fsp3) is 0.367. The number of benzene rings is 3. The lowest BCUT2D eigenvalue weighted by molar-refractivity contribution is -0.162. The topological polar surface area (TPSA) is 41.6 Å². The smallest absolute Gasteiger partial charge is 0.254 e. The molecule has 4 heteroatoms. The normalized spacial score (nSPS) is 21.8. The number of ether oxygens (including phenoxy) is 1. The molecular weight excluding hydrogens is 420 g/mol. The van der Waals surface area contributed by atoms with Crippen LogP contribution in [0.4, 0.5) is 0 Å². The van der Waals surface area contributed by atoms with Crippen LogP contribution < -0.4 is 5.32 Å². The van der Waals surface area contributed by atoms with Crippen molar-refractivity contribution in [3.63, 3.8) is 0 Å². The van der Waals surface area contributed by atoms with E-state index in [1.54, 1.807) is 0 Å². The zero-order valence-corrected chi connectivity index (χ0v) is 20.0. The number of nitrogens with one attached hydrogen (secondary N) is 1. The fourth-order valence-electron chi connectivity index (χ4n) is 5.73. The molecule has 3 aromatic rings. The molecule has 0 aliphatic carbocycles. The van der Waals surface area contributed by atoms with Gasteiger partial charge < -0.3 is 15.0 Å². The molecule has 1 amide bonds. The van der Waals surface area contributed by atoms with Gasteiger partial charge in [0.15, 0.2) is 0 Å². The van der Waals surface area contributed by atoms with E-state index in [1.807, 2.05) is 42.5 Å². The highest BCUT2D eigenvalue weighted by Gasteiger charge is 2.45. The molecular formula is C30H34N2O2. The summed E-state index contributed by atoms with van der Waals surface area (Å²) in [5.74, 6) is 0.116. The van der Waals surface area contributed by atoms with Gasteiger partial charge in [-0.1, -0.05) is 78.9 Å². The van der Waals surface area contributed by atoms with Crippen molar-refractivity contribution >= 4 is 5.91 Å². The number of nitrogens with zero attached hydrogens (tertiary/aromatic N) is 1. The molecule has 2 heterocycles. The lowest BCUT2D eigenvalue weighted by atomic mass is 9.79. The summed E-state index contributed by atoms with van der Waals surface area (Å²) in [6.45, 7) is 4.71. The first-order valence-electron chi connectivity index (χ1n) is 12.6. The first-order chi connectivity index (χ1) is 16.7. The second kappa shape index (κ2) is 10.1. The Bertz CT molecular complexity index is 1090. The lowest BCUT2D eigenvalue weighted by Gasteiger charge is -2.49. The van der Waals surface area contributed by atoms with E-state index in [-0.39, 0.29) is 23.7 Å². The maximum absolute atomic E-state index is 14.1. The van der Waals surface area contributed by atoms with Crippen molar-refractivity contribution in [2.24, 2.45) is 0 Å². The highest BCUT2D eigenvalue weighted by Crippen LogP contribution is 2.44. The average Bonchev–Trinajstić information content (AvgIpc) is 2.90. The van der Waals surface area contributed by atoms with Gasteiger partial charge in [0.1, 0.15) is 0 Å². The molecule has 2 aliphatic heterocycles. The molecule has 0 bridgehead atoms. The van der Waals surface area contributed by atoms with Crippen molar-refractivity contribution in [2.45, 2.75) is 50.4 Å². The van der Waals surface area contributed by atoms with E-state index in [4.69, 9.17) is 4.74 Å². The Balaban J connectivity index is 1.48. The summed E-state index contributed by atoms with van der Waals surface area (Å²) in [5, 5.41) is 3.48. The standard InChI is InChI=1S/C30H34N2O2/c1-2-32(29(33)27-16-10-9-15-26(27)23-11-5-3-6-12-23)25-21-28(24-13-7-4-8-14-24)34-30(22-25)17-19-31-20-18-30/h3-16,25,28,31H,2,17-22H2,1H3/t25-,28-/m0/s1.